The van der Waals surface area contributed by atoms with Gasteiger partial charge in [0.15, 0.2) is 5.96 Å². The second kappa shape index (κ2) is 10.4. The summed E-state index contributed by atoms with van der Waals surface area (Å²) in [7, 11) is 1.75. The minimum atomic E-state index is 0.297. The SMILES string of the molecule is CN=C(NCCCOCC1CCCO1)NCc1ccc(Cl)nc1. The first-order chi connectivity index (χ1) is 11.3. The van der Waals surface area contributed by atoms with Gasteiger partial charge in [-0.1, -0.05) is 17.7 Å². The Bertz CT molecular complexity index is 475. The summed E-state index contributed by atoms with van der Waals surface area (Å²) in [6.07, 6.45) is 5.25. The molecule has 23 heavy (non-hydrogen) atoms. The van der Waals surface area contributed by atoms with Crippen molar-refractivity contribution in [2.75, 3.05) is 33.4 Å². The van der Waals surface area contributed by atoms with E-state index in [1.54, 1.807) is 19.3 Å². The van der Waals surface area contributed by atoms with Gasteiger partial charge < -0.3 is 20.1 Å². The van der Waals surface area contributed by atoms with Gasteiger partial charge in [0.05, 0.1) is 12.7 Å². The van der Waals surface area contributed by atoms with Gasteiger partial charge in [-0.3, -0.25) is 4.99 Å². The van der Waals surface area contributed by atoms with Gasteiger partial charge in [0.1, 0.15) is 5.15 Å². The number of rotatable bonds is 8. The van der Waals surface area contributed by atoms with Gasteiger partial charge in [0.25, 0.3) is 0 Å². The third kappa shape index (κ3) is 7.16. The van der Waals surface area contributed by atoms with E-state index < -0.39 is 0 Å². The highest BCUT2D eigenvalue weighted by atomic mass is 35.5. The van der Waals surface area contributed by atoms with Crippen LogP contribution in [-0.4, -0.2) is 50.5 Å². The molecule has 2 N–H and O–H groups in total. The summed E-state index contributed by atoms with van der Waals surface area (Å²) in [5.41, 5.74) is 1.05. The second-order valence-corrected chi connectivity index (χ2v) is 5.79. The van der Waals surface area contributed by atoms with E-state index in [0.717, 1.165) is 50.5 Å². The molecule has 6 nitrogen and oxygen atoms in total. The van der Waals surface area contributed by atoms with Gasteiger partial charge in [-0.2, -0.15) is 0 Å². The maximum Gasteiger partial charge on any atom is 0.191 e. The fourth-order valence-electron chi connectivity index (χ4n) is 2.29. The van der Waals surface area contributed by atoms with E-state index in [1.807, 2.05) is 6.07 Å². The van der Waals surface area contributed by atoms with Crippen LogP contribution in [0, 0.1) is 0 Å². The summed E-state index contributed by atoms with van der Waals surface area (Å²) in [6.45, 7) is 3.77. The molecule has 1 aromatic heterocycles. The molecule has 1 fully saturated rings. The lowest BCUT2D eigenvalue weighted by Crippen LogP contribution is -2.37. The average molecular weight is 341 g/mol. The van der Waals surface area contributed by atoms with Gasteiger partial charge in [0.2, 0.25) is 0 Å². The van der Waals surface area contributed by atoms with Crippen molar-refractivity contribution in [3.8, 4) is 0 Å². The first kappa shape index (κ1) is 18.0. The minimum Gasteiger partial charge on any atom is -0.379 e. The van der Waals surface area contributed by atoms with Crippen LogP contribution in [0.25, 0.3) is 0 Å². The molecule has 0 aliphatic carbocycles. The molecule has 2 heterocycles. The van der Waals surface area contributed by atoms with Crippen LogP contribution in [0.4, 0.5) is 0 Å². The van der Waals surface area contributed by atoms with Crippen molar-refractivity contribution in [3.63, 3.8) is 0 Å². The molecule has 0 bridgehead atoms. The molecule has 1 unspecified atom stereocenters. The van der Waals surface area contributed by atoms with Crippen molar-refractivity contribution in [1.82, 2.24) is 15.6 Å². The second-order valence-electron chi connectivity index (χ2n) is 5.41. The number of halogens is 1. The number of ether oxygens (including phenoxy) is 2. The zero-order valence-electron chi connectivity index (χ0n) is 13.6. The van der Waals surface area contributed by atoms with Crippen molar-refractivity contribution in [1.29, 1.82) is 0 Å². The van der Waals surface area contributed by atoms with E-state index in [9.17, 15) is 0 Å². The Kier molecular flexibility index (Phi) is 8.14. The highest BCUT2D eigenvalue weighted by Gasteiger charge is 2.14. The standard InChI is InChI=1S/C16H25ClN4O2/c1-18-16(21-11-13-5-6-15(17)20-10-13)19-7-3-8-22-12-14-4-2-9-23-14/h5-6,10,14H,2-4,7-9,11-12H2,1H3,(H2,18,19,21). The topological polar surface area (TPSA) is 67.8 Å². The Morgan fingerprint density at radius 1 is 1.48 bits per heavy atom. The normalized spacial score (nSPS) is 18.2. The Morgan fingerprint density at radius 3 is 3.09 bits per heavy atom. The molecule has 1 atom stereocenters. The van der Waals surface area contributed by atoms with Crippen LogP contribution in [-0.2, 0) is 16.0 Å². The predicted octanol–water partition coefficient (Wildman–Crippen LogP) is 1.99. The van der Waals surface area contributed by atoms with Crippen LogP contribution in [0.2, 0.25) is 5.15 Å². The first-order valence-electron chi connectivity index (χ1n) is 8.02. The summed E-state index contributed by atoms with van der Waals surface area (Å²) in [5.74, 6) is 0.763. The van der Waals surface area contributed by atoms with Crippen molar-refractivity contribution >= 4 is 17.6 Å². The quantitative estimate of drug-likeness (QED) is 0.328. The Balaban J connectivity index is 1.53. The zero-order valence-corrected chi connectivity index (χ0v) is 14.3. The predicted molar refractivity (Wildman–Crippen MR) is 91.9 cm³/mol. The summed E-state index contributed by atoms with van der Waals surface area (Å²) in [4.78, 5) is 8.24. The Labute approximate surface area is 142 Å². The molecule has 7 heteroatoms. The molecule has 0 amide bonds. The zero-order chi connectivity index (χ0) is 16.3. The van der Waals surface area contributed by atoms with Crippen LogP contribution < -0.4 is 10.6 Å². The maximum atomic E-state index is 5.77. The maximum absolute atomic E-state index is 5.77. The van der Waals surface area contributed by atoms with E-state index >= 15 is 0 Å². The number of pyridine rings is 1. The van der Waals surface area contributed by atoms with Crippen molar-refractivity contribution in [2.24, 2.45) is 4.99 Å². The molecule has 2 rings (SSSR count). The molecule has 1 aromatic rings. The number of aliphatic imine (C=N–C) groups is 1. The highest BCUT2D eigenvalue weighted by molar-refractivity contribution is 6.29. The van der Waals surface area contributed by atoms with Crippen LogP contribution in [0.5, 0.6) is 0 Å². The van der Waals surface area contributed by atoms with Gasteiger partial charge in [-0.25, -0.2) is 4.98 Å². The monoisotopic (exact) mass is 340 g/mol. The summed E-state index contributed by atoms with van der Waals surface area (Å²) in [6, 6.07) is 3.72. The molecule has 1 saturated heterocycles. The molecule has 128 valence electrons. The molecule has 1 aliphatic rings. The molecular formula is C16H25ClN4O2. The van der Waals surface area contributed by atoms with Gasteiger partial charge >= 0.3 is 0 Å². The summed E-state index contributed by atoms with van der Waals surface area (Å²) < 4.78 is 11.1. The van der Waals surface area contributed by atoms with Crippen LogP contribution in [0.15, 0.2) is 23.3 Å². The van der Waals surface area contributed by atoms with E-state index in [1.165, 1.54) is 0 Å². The fourth-order valence-corrected chi connectivity index (χ4v) is 2.40. The molecule has 0 aromatic carbocycles. The smallest absolute Gasteiger partial charge is 0.191 e. The highest BCUT2D eigenvalue weighted by Crippen LogP contribution is 2.11. The number of guanidine groups is 1. The average Bonchev–Trinajstić information content (AvgIpc) is 3.08. The van der Waals surface area contributed by atoms with Crippen LogP contribution in [0.1, 0.15) is 24.8 Å². The Morgan fingerprint density at radius 2 is 2.39 bits per heavy atom. The minimum absolute atomic E-state index is 0.297. The number of hydrogen-bond donors (Lipinski definition) is 2. The third-order valence-corrected chi connectivity index (χ3v) is 3.78. The van der Waals surface area contributed by atoms with E-state index in [4.69, 9.17) is 21.1 Å². The van der Waals surface area contributed by atoms with E-state index in [2.05, 4.69) is 20.6 Å². The molecule has 1 aliphatic heterocycles. The van der Waals surface area contributed by atoms with Crippen molar-refractivity contribution in [2.45, 2.75) is 31.9 Å². The van der Waals surface area contributed by atoms with E-state index in [-0.39, 0.29) is 0 Å². The largest absolute Gasteiger partial charge is 0.379 e. The number of hydrogen-bond acceptors (Lipinski definition) is 4. The van der Waals surface area contributed by atoms with E-state index in [0.29, 0.717) is 24.4 Å². The molecule has 0 spiro atoms. The molecule has 0 radical (unpaired) electrons. The van der Waals surface area contributed by atoms with Crippen LogP contribution in [0.3, 0.4) is 0 Å². The number of nitrogens with one attached hydrogen (secondary N) is 2. The molecular weight excluding hydrogens is 316 g/mol. The van der Waals surface area contributed by atoms with Crippen LogP contribution >= 0.6 is 11.6 Å². The number of nitrogens with zero attached hydrogens (tertiary/aromatic N) is 2. The lowest BCUT2D eigenvalue weighted by atomic mass is 10.2. The fraction of sp³-hybridized carbons (Fsp3) is 0.625. The Hall–Kier alpha value is -1.37. The summed E-state index contributed by atoms with van der Waals surface area (Å²) >= 11 is 5.77. The third-order valence-electron chi connectivity index (χ3n) is 3.56. The van der Waals surface area contributed by atoms with Gasteiger partial charge in [-0.15, -0.1) is 0 Å². The summed E-state index contributed by atoms with van der Waals surface area (Å²) in [5, 5.41) is 7.00. The van der Waals surface area contributed by atoms with Gasteiger partial charge in [-0.05, 0) is 30.9 Å². The van der Waals surface area contributed by atoms with Gasteiger partial charge in [0, 0.05) is 39.5 Å². The first-order valence-corrected chi connectivity index (χ1v) is 8.40. The number of aromatic nitrogens is 1. The molecule has 0 saturated carbocycles. The van der Waals surface area contributed by atoms with Crippen molar-refractivity contribution < 1.29 is 9.47 Å². The lowest BCUT2D eigenvalue weighted by molar-refractivity contribution is 0.0168. The van der Waals surface area contributed by atoms with Crippen molar-refractivity contribution in [3.05, 3.63) is 29.0 Å². The lowest BCUT2D eigenvalue weighted by Gasteiger charge is -2.13.